The van der Waals surface area contributed by atoms with Crippen molar-refractivity contribution in [3.05, 3.63) is 123 Å². The molecule has 0 fully saturated rings. The van der Waals surface area contributed by atoms with Crippen molar-refractivity contribution in [2.24, 2.45) is 0 Å². The summed E-state index contributed by atoms with van der Waals surface area (Å²) in [5.41, 5.74) is 5.19. The lowest BCUT2D eigenvalue weighted by Crippen LogP contribution is -2.06. The molecule has 0 aliphatic carbocycles. The molecule has 0 bridgehead atoms. The van der Waals surface area contributed by atoms with E-state index in [9.17, 15) is 15.2 Å². The fraction of sp³-hybridized carbons (Fsp3) is 0.103. The summed E-state index contributed by atoms with van der Waals surface area (Å²) in [7, 11) is 0. The van der Waals surface area contributed by atoms with E-state index in [0.717, 1.165) is 33.5 Å². The molecule has 0 atom stereocenters. The largest absolute Gasteiger partial charge is 0.493 e. The Bertz CT molecular complexity index is 1850. The summed E-state index contributed by atoms with van der Waals surface area (Å²) in [6.45, 7) is 0.444. The topological polar surface area (TPSA) is 118 Å². The SMILES string of the molecule is O=[N+]([O-])c1ccc(-n2c(O)c(CCc3ncc(-c4ccccc4)[nH]3)n(Cc3c[nH]c4ccccc34)c2=S)cc1. The van der Waals surface area contributed by atoms with Crippen molar-refractivity contribution in [2.45, 2.75) is 19.4 Å². The van der Waals surface area contributed by atoms with E-state index in [1.807, 2.05) is 71.6 Å². The van der Waals surface area contributed by atoms with Gasteiger partial charge in [0, 0.05) is 42.1 Å². The monoisotopic (exact) mass is 536 g/mol. The first kappa shape index (κ1) is 24.4. The van der Waals surface area contributed by atoms with E-state index in [4.69, 9.17) is 12.2 Å². The Morgan fingerprint density at radius 2 is 1.72 bits per heavy atom. The van der Waals surface area contributed by atoms with Crippen LogP contribution in [-0.2, 0) is 19.4 Å². The van der Waals surface area contributed by atoms with Gasteiger partial charge in [-0.25, -0.2) is 4.98 Å². The fourth-order valence-corrected chi connectivity index (χ4v) is 5.23. The summed E-state index contributed by atoms with van der Waals surface area (Å²) in [6.07, 6.45) is 4.78. The van der Waals surface area contributed by atoms with Gasteiger partial charge >= 0.3 is 0 Å². The van der Waals surface area contributed by atoms with Gasteiger partial charge in [-0.15, -0.1) is 0 Å². The lowest BCUT2D eigenvalue weighted by atomic mass is 10.1. The number of nitrogens with one attached hydrogen (secondary N) is 2. The number of hydrogen-bond acceptors (Lipinski definition) is 5. The van der Waals surface area contributed by atoms with Crippen LogP contribution in [0.1, 0.15) is 17.1 Å². The molecule has 3 N–H and O–H groups in total. The van der Waals surface area contributed by atoms with Crippen LogP contribution in [0.5, 0.6) is 5.88 Å². The molecular formula is C29H24N6O3S. The third kappa shape index (κ3) is 4.62. The zero-order valence-corrected chi connectivity index (χ0v) is 21.6. The highest BCUT2D eigenvalue weighted by Gasteiger charge is 2.21. The second-order valence-electron chi connectivity index (χ2n) is 9.22. The number of H-pyrrole nitrogens is 2. The highest BCUT2D eigenvalue weighted by atomic mass is 32.1. The number of non-ortho nitro benzene ring substituents is 1. The quantitative estimate of drug-likeness (QED) is 0.119. The van der Waals surface area contributed by atoms with E-state index in [-0.39, 0.29) is 11.6 Å². The molecule has 3 heterocycles. The van der Waals surface area contributed by atoms with Gasteiger partial charge in [0.05, 0.1) is 34.7 Å². The van der Waals surface area contributed by atoms with Crippen LogP contribution in [0, 0.1) is 14.9 Å². The number of fused-ring (bicyclic) bond motifs is 1. The predicted molar refractivity (Wildman–Crippen MR) is 152 cm³/mol. The van der Waals surface area contributed by atoms with Crippen LogP contribution in [0.15, 0.2) is 91.3 Å². The molecule has 0 radical (unpaired) electrons. The summed E-state index contributed by atoms with van der Waals surface area (Å²) in [5.74, 6) is 0.796. The molecule has 0 aliphatic heterocycles. The van der Waals surface area contributed by atoms with Crippen LogP contribution in [-0.4, -0.2) is 34.1 Å². The molecule has 0 unspecified atom stereocenters. The molecule has 6 aromatic rings. The van der Waals surface area contributed by atoms with E-state index in [0.29, 0.717) is 35.5 Å². The minimum absolute atomic E-state index is 0.00327. The Labute approximate surface area is 228 Å². The third-order valence-electron chi connectivity index (χ3n) is 6.85. The maximum Gasteiger partial charge on any atom is 0.269 e. The number of nitro groups is 1. The van der Waals surface area contributed by atoms with E-state index >= 15 is 0 Å². The van der Waals surface area contributed by atoms with Crippen LogP contribution in [0.4, 0.5) is 5.69 Å². The number of aromatic amines is 2. The number of aryl methyl sites for hydroxylation is 1. The zero-order chi connectivity index (χ0) is 26.9. The summed E-state index contributed by atoms with van der Waals surface area (Å²) < 4.78 is 3.87. The summed E-state index contributed by atoms with van der Waals surface area (Å²) in [5, 5.41) is 23.7. The van der Waals surface area contributed by atoms with Crippen LogP contribution in [0.25, 0.3) is 27.8 Å². The maximum absolute atomic E-state index is 11.4. The Kier molecular flexibility index (Phi) is 6.29. The zero-order valence-electron chi connectivity index (χ0n) is 20.7. The van der Waals surface area contributed by atoms with Gasteiger partial charge < -0.3 is 19.6 Å². The van der Waals surface area contributed by atoms with Crippen molar-refractivity contribution in [3.63, 3.8) is 0 Å². The first-order valence-electron chi connectivity index (χ1n) is 12.4. The van der Waals surface area contributed by atoms with Gasteiger partial charge in [0.2, 0.25) is 5.88 Å². The Balaban J connectivity index is 1.38. The van der Waals surface area contributed by atoms with Gasteiger partial charge in [-0.3, -0.25) is 14.7 Å². The maximum atomic E-state index is 11.4. The number of rotatable bonds is 8. The van der Waals surface area contributed by atoms with Crippen molar-refractivity contribution in [2.75, 3.05) is 0 Å². The van der Waals surface area contributed by atoms with Gasteiger partial charge in [0.1, 0.15) is 5.82 Å². The molecular weight excluding hydrogens is 512 g/mol. The standard InChI is InChI=1S/C29H24N6O3S/c36-28-26(14-15-27-31-17-25(32-27)19-6-2-1-3-7-19)33(18-20-16-30-24-9-5-4-8-23(20)24)29(39)34(28)21-10-12-22(13-11-21)35(37)38/h1-13,16-17,30,36H,14-15,18H2,(H,31,32). The van der Waals surface area contributed by atoms with Gasteiger partial charge in [0.15, 0.2) is 4.77 Å². The van der Waals surface area contributed by atoms with Crippen LogP contribution in [0.3, 0.4) is 0 Å². The highest BCUT2D eigenvalue weighted by Crippen LogP contribution is 2.30. The Morgan fingerprint density at radius 1 is 0.974 bits per heavy atom. The minimum atomic E-state index is -0.455. The van der Waals surface area contributed by atoms with E-state index < -0.39 is 4.92 Å². The average molecular weight is 537 g/mol. The number of benzene rings is 3. The van der Waals surface area contributed by atoms with Gasteiger partial charge in [-0.05, 0) is 41.5 Å². The summed E-state index contributed by atoms with van der Waals surface area (Å²) in [6, 6.07) is 24.0. The molecule has 3 aromatic heterocycles. The second kappa shape index (κ2) is 10.1. The molecule has 0 aliphatic rings. The molecule has 0 saturated carbocycles. The molecule has 9 nitrogen and oxygen atoms in total. The predicted octanol–water partition coefficient (Wildman–Crippen LogP) is 6.33. The van der Waals surface area contributed by atoms with Crippen molar-refractivity contribution in [3.8, 4) is 22.8 Å². The number of nitrogens with zero attached hydrogens (tertiary/aromatic N) is 4. The number of aromatic hydroxyl groups is 1. The Morgan fingerprint density at radius 3 is 2.49 bits per heavy atom. The second-order valence-corrected chi connectivity index (χ2v) is 9.58. The van der Waals surface area contributed by atoms with Crippen molar-refractivity contribution in [1.29, 1.82) is 0 Å². The summed E-state index contributed by atoms with van der Waals surface area (Å²) in [4.78, 5) is 21.9. The lowest BCUT2D eigenvalue weighted by Gasteiger charge is -2.08. The molecule has 3 aromatic carbocycles. The number of para-hydroxylation sites is 1. The van der Waals surface area contributed by atoms with Crippen LogP contribution >= 0.6 is 12.2 Å². The van der Waals surface area contributed by atoms with Crippen LogP contribution < -0.4 is 0 Å². The van der Waals surface area contributed by atoms with Crippen molar-refractivity contribution in [1.82, 2.24) is 24.1 Å². The smallest absolute Gasteiger partial charge is 0.269 e. The van der Waals surface area contributed by atoms with Gasteiger partial charge in [-0.2, -0.15) is 0 Å². The number of hydrogen-bond donors (Lipinski definition) is 3. The first-order valence-corrected chi connectivity index (χ1v) is 12.8. The number of imidazole rings is 2. The Hall–Kier alpha value is -4.96. The number of aromatic nitrogens is 5. The van der Waals surface area contributed by atoms with Crippen LogP contribution in [0.2, 0.25) is 0 Å². The van der Waals surface area contributed by atoms with Gasteiger partial charge in [0.25, 0.3) is 5.69 Å². The third-order valence-corrected chi connectivity index (χ3v) is 7.25. The van der Waals surface area contributed by atoms with E-state index in [1.165, 1.54) is 12.1 Å². The molecule has 6 rings (SSSR count). The molecule has 0 amide bonds. The fourth-order valence-electron chi connectivity index (χ4n) is 4.87. The van der Waals surface area contributed by atoms with Gasteiger partial charge in [-0.1, -0.05) is 48.5 Å². The number of nitro benzene ring substituents is 1. The van der Waals surface area contributed by atoms with Crippen molar-refractivity contribution >= 4 is 28.8 Å². The molecule has 10 heteroatoms. The van der Waals surface area contributed by atoms with E-state index in [2.05, 4.69) is 15.0 Å². The van der Waals surface area contributed by atoms with Crippen molar-refractivity contribution < 1.29 is 10.0 Å². The lowest BCUT2D eigenvalue weighted by molar-refractivity contribution is -0.384. The normalized spacial score (nSPS) is 11.3. The average Bonchev–Trinajstić information content (AvgIpc) is 3.66. The van der Waals surface area contributed by atoms with E-state index in [1.54, 1.807) is 16.7 Å². The highest BCUT2D eigenvalue weighted by molar-refractivity contribution is 7.71. The molecule has 0 saturated heterocycles. The molecule has 194 valence electrons. The minimum Gasteiger partial charge on any atom is -0.493 e. The molecule has 39 heavy (non-hydrogen) atoms. The first-order chi connectivity index (χ1) is 19.0. The summed E-state index contributed by atoms with van der Waals surface area (Å²) >= 11 is 5.86. The molecule has 0 spiro atoms.